The fraction of sp³-hybridized carbons (Fsp3) is 0.259. The first-order chi connectivity index (χ1) is 15.1. The van der Waals surface area contributed by atoms with Crippen LogP contribution in [0.3, 0.4) is 0 Å². The highest BCUT2D eigenvalue weighted by Gasteiger charge is 2.30. The maximum atomic E-state index is 12.3. The van der Waals surface area contributed by atoms with Gasteiger partial charge >= 0.3 is 12.1 Å². The first kappa shape index (κ1) is 23.1. The topological polar surface area (TPSA) is 66.8 Å². The Kier molecular flexibility index (Phi) is 6.98. The lowest BCUT2D eigenvalue weighted by Crippen LogP contribution is -2.46. The molecular formula is C27H29NO4. The molecule has 0 spiro atoms. The van der Waals surface area contributed by atoms with Gasteiger partial charge in [0.15, 0.2) is 0 Å². The van der Waals surface area contributed by atoms with E-state index in [0.29, 0.717) is 0 Å². The average Bonchev–Trinajstić information content (AvgIpc) is 2.77. The predicted molar refractivity (Wildman–Crippen MR) is 126 cm³/mol. The standard InChI is InChI=1S/C27H29NO4/c1-27(2,3)32-26(31)28(4)24(25(29)30)18-19-10-12-21(13-11-19)23-16-14-22(15-17-23)20-8-6-5-7-9-20/h5-17,24H,18H2,1-4H3,(H,29,30). The Labute approximate surface area is 189 Å². The molecule has 166 valence electrons. The Hall–Kier alpha value is -3.60. The van der Waals surface area contributed by atoms with E-state index in [0.717, 1.165) is 27.2 Å². The molecule has 3 aromatic carbocycles. The SMILES string of the molecule is CN(C(=O)OC(C)(C)C)C(Cc1ccc(-c2ccc(-c3ccccc3)cc2)cc1)C(=O)O. The number of hydrogen-bond acceptors (Lipinski definition) is 3. The number of amides is 1. The molecular weight excluding hydrogens is 402 g/mol. The quantitative estimate of drug-likeness (QED) is 0.529. The van der Waals surface area contributed by atoms with Gasteiger partial charge in [0.1, 0.15) is 11.6 Å². The van der Waals surface area contributed by atoms with Crippen molar-refractivity contribution in [3.05, 3.63) is 84.4 Å². The van der Waals surface area contributed by atoms with Crippen molar-refractivity contribution in [3.8, 4) is 22.3 Å². The summed E-state index contributed by atoms with van der Waals surface area (Å²) < 4.78 is 5.31. The first-order valence-electron chi connectivity index (χ1n) is 10.6. The number of carboxylic acid groups (broad SMARTS) is 1. The van der Waals surface area contributed by atoms with Gasteiger partial charge in [-0.3, -0.25) is 4.90 Å². The Bertz CT molecular complexity index is 1050. The summed E-state index contributed by atoms with van der Waals surface area (Å²) >= 11 is 0. The lowest BCUT2D eigenvalue weighted by molar-refractivity contribution is -0.142. The second kappa shape index (κ2) is 9.69. The molecule has 1 atom stereocenters. The van der Waals surface area contributed by atoms with E-state index in [4.69, 9.17) is 4.74 Å². The number of carboxylic acids is 1. The molecule has 0 aliphatic rings. The van der Waals surface area contributed by atoms with E-state index in [1.807, 2.05) is 42.5 Å². The van der Waals surface area contributed by atoms with Gasteiger partial charge in [0.2, 0.25) is 0 Å². The zero-order chi connectivity index (χ0) is 23.3. The summed E-state index contributed by atoms with van der Waals surface area (Å²) in [6.45, 7) is 5.25. The zero-order valence-electron chi connectivity index (χ0n) is 18.9. The minimum absolute atomic E-state index is 0.193. The first-order valence-corrected chi connectivity index (χ1v) is 10.6. The monoisotopic (exact) mass is 431 g/mol. The molecule has 0 saturated heterocycles. The summed E-state index contributed by atoms with van der Waals surface area (Å²) in [5, 5.41) is 9.66. The van der Waals surface area contributed by atoms with Gasteiger partial charge in [0.25, 0.3) is 0 Å². The van der Waals surface area contributed by atoms with Crippen LogP contribution >= 0.6 is 0 Å². The molecule has 0 radical (unpaired) electrons. The molecule has 1 N–H and O–H groups in total. The van der Waals surface area contributed by atoms with Crippen molar-refractivity contribution in [1.29, 1.82) is 0 Å². The molecule has 5 heteroatoms. The number of carbonyl (C=O) groups excluding carboxylic acids is 1. The molecule has 0 fully saturated rings. The number of carbonyl (C=O) groups is 2. The third-order valence-electron chi connectivity index (χ3n) is 5.14. The van der Waals surface area contributed by atoms with Crippen molar-refractivity contribution in [2.75, 3.05) is 7.05 Å². The maximum absolute atomic E-state index is 12.3. The van der Waals surface area contributed by atoms with Crippen LogP contribution in [0.15, 0.2) is 78.9 Å². The molecule has 0 aliphatic carbocycles. The van der Waals surface area contributed by atoms with Crippen LogP contribution in [0.5, 0.6) is 0 Å². The number of likely N-dealkylation sites (N-methyl/N-ethyl adjacent to an activating group) is 1. The third kappa shape index (κ3) is 5.97. The summed E-state index contributed by atoms with van der Waals surface area (Å²) in [4.78, 5) is 25.3. The fourth-order valence-electron chi connectivity index (χ4n) is 3.39. The molecule has 5 nitrogen and oxygen atoms in total. The van der Waals surface area contributed by atoms with Crippen molar-refractivity contribution in [1.82, 2.24) is 4.90 Å². The van der Waals surface area contributed by atoms with Crippen LogP contribution in [-0.4, -0.2) is 40.8 Å². The van der Waals surface area contributed by atoms with Crippen LogP contribution < -0.4 is 0 Å². The van der Waals surface area contributed by atoms with E-state index in [2.05, 4.69) is 36.4 Å². The minimum Gasteiger partial charge on any atom is -0.480 e. The van der Waals surface area contributed by atoms with Crippen molar-refractivity contribution < 1.29 is 19.4 Å². The van der Waals surface area contributed by atoms with E-state index >= 15 is 0 Å². The highest BCUT2D eigenvalue weighted by molar-refractivity contribution is 5.80. The van der Waals surface area contributed by atoms with Crippen molar-refractivity contribution in [2.24, 2.45) is 0 Å². The molecule has 0 aliphatic heterocycles. The second-order valence-electron chi connectivity index (χ2n) is 8.79. The fourth-order valence-corrected chi connectivity index (χ4v) is 3.39. The Morgan fingerprint density at radius 3 is 1.69 bits per heavy atom. The zero-order valence-corrected chi connectivity index (χ0v) is 18.9. The lowest BCUT2D eigenvalue weighted by Gasteiger charge is -2.28. The molecule has 3 rings (SSSR count). The van der Waals surface area contributed by atoms with Crippen molar-refractivity contribution >= 4 is 12.1 Å². The number of nitrogens with zero attached hydrogens (tertiary/aromatic N) is 1. The van der Waals surface area contributed by atoms with E-state index < -0.39 is 23.7 Å². The van der Waals surface area contributed by atoms with Crippen LogP contribution in [0, 0.1) is 0 Å². The van der Waals surface area contributed by atoms with Crippen LogP contribution in [-0.2, 0) is 16.0 Å². The third-order valence-corrected chi connectivity index (χ3v) is 5.14. The van der Waals surface area contributed by atoms with Gasteiger partial charge in [-0.2, -0.15) is 0 Å². The molecule has 32 heavy (non-hydrogen) atoms. The Balaban J connectivity index is 1.71. The summed E-state index contributed by atoms with van der Waals surface area (Å²) in [7, 11) is 1.45. The van der Waals surface area contributed by atoms with Gasteiger partial charge in [-0.25, -0.2) is 9.59 Å². The number of benzene rings is 3. The van der Waals surface area contributed by atoms with E-state index in [1.54, 1.807) is 20.8 Å². The van der Waals surface area contributed by atoms with Gasteiger partial charge in [0.05, 0.1) is 0 Å². The lowest BCUT2D eigenvalue weighted by atomic mass is 9.98. The van der Waals surface area contributed by atoms with Gasteiger partial charge in [-0.15, -0.1) is 0 Å². The van der Waals surface area contributed by atoms with Gasteiger partial charge in [-0.05, 0) is 48.6 Å². The second-order valence-corrected chi connectivity index (χ2v) is 8.79. The number of ether oxygens (including phenoxy) is 1. The summed E-state index contributed by atoms with van der Waals surface area (Å²) in [6.07, 6.45) is -0.460. The summed E-state index contributed by atoms with van der Waals surface area (Å²) in [5.74, 6) is -1.07. The van der Waals surface area contributed by atoms with E-state index in [9.17, 15) is 14.7 Å². The van der Waals surface area contributed by atoms with Crippen molar-refractivity contribution in [2.45, 2.75) is 38.8 Å². The van der Waals surface area contributed by atoms with Crippen LogP contribution in [0.2, 0.25) is 0 Å². The molecule has 1 amide bonds. The van der Waals surface area contributed by atoms with Crippen molar-refractivity contribution in [3.63, 3.8) is 0 Å². The summed E-state index contributed by atoms with van der Waals surface area (Å²) in [5.41, 5.74) is 4.59. The van der Waals surface area contributed by atoms with Crippen LogP contribution in [0.4, 0.5) is 4.79 Å². The molecule has 1 unspecified atom stereocenters. The number of rotatable bonds is 6. The van der Waals surface area contributed by atoms with Gasteiger partial charge in [0, 0.05) is 13.5 Å². The van der Waals surface area contributed by atoms with Crippen LogP contribution in [0.1, 0.15) is 26.3 Å². The van der Waals surface area contributed by atoms with Gasteiger partial charge in [-0.1, -0.05) is 78.9 Å². The van der Waals surface area contributed by atoms with Crippen LogP contribution in [0.25, 0.3) is 22.3 Å². The number of aliphatic carboxylic acids is 1. The molecule has 0 aromatic heterocycles. The average molecular weight is 432 g/mol. The number of hydrogen-bond donors (Lipinski definition) is 1. The Morgan fingerprint density at radius 1 is 0.812 bits per heavy atom. The molecule has 0 heterocycles. The minimum atomic E-state index is -1.07. The molecule has 3 aromatic rings. The Morgan fingerprint density at radius 2 is 1.25 bits per heavy atom. The van der Waals surface area contributed by atoms with E-state index in [-0.39, 0.29) is 6.42 Å². The normalized spacial score (nSPS) is 12.1. The van der Waals surface area contributed by atoms with E-state index in [1.165, 1.54) is 12.6 Å². The highest BCUT2D eigenvalue weighted by atomic mass is 16.6. The molecule has 0 bridgehead atoms. The maximum Gasteiger partial charge on any atom is 0.410 e. The highest BCUT2D eigenvalue weighted by Crippen LogP contribution is 2.25. The largest absolute Gasteiger partial charge is 0.480 e. The van der Waals surface area contributed by atoms with Gasteiger partial charge < -0.3 is 9.84 Å². The molecule has 0 saturated carbocycles. The predicted octanol–water partition coefficient (Wildman–Crippen LogP) is 5.88. The summed E-state index contributed by atoms with van der Waals surface area (Å²) in [6, 6.07) is 25.3. The smallest absolute Gasteiger partial charge is 0.410 e.